The van der Waals surface area contributed by atoms with Crippen LogP contribution in [0.15, 0.2) is 42.5 Å². The number of halogens is 5. The van der Waals surface area contributed by atoms with Crippen LogP contribution in [0.1, 0.15) is 24.1 Å². The van der Waals surface area contributed by atoms with Gasteiger partial charge in [0, 0.05) is 15.7 Å². The Labute approximate surface area is 146 Å². The fourth-order valence-electron chi connectivity index (χ4n) is 2.07. The average molecular weight is 377 g/mol. The Morgan fingerprint density at radius 1 is 1.12 bits per heavy atom. The lowest BCUT2D eigenvalue weighted by Crippen LogP contribution is -2.31. The van der Waals surface area contributed by atoms with Gasteiger partial charge in [-0.2, -0.15) is 13.2 Å². The van der Waals surface area contributed by atoms with E-state index in [1.54, 1.807) is 25.1 Å². The van der Waals surface area contributed by atoms with Gasteiger partial charge in [0.2, 0.25) is 0 Å². The van der Waals surface area contributed by atoms with E-state index in [1.807, 2.05) is 0 Å². The topological polar surface area (TPSA) is 41.1 Å². The van der Waals surface area contributed by atoms with Crippen LogP contribution in [0.3, 0.4) is 0 Å². The Balaban J connectivity index is 2.05. The van der Waals surface area contributed by atoms with E-state index in [0.29, 0.717) is 15.6 Å². The Bertz CT molecular complexity index is 750. The number of alkyl halides is 3. The number of amides is 2. The molecule has 0 saturated heterocycles. The molecule has 0 spiro atoms. The summed E-state index contributed by atoms with van der Waals surface area (Å²) < 4.78 is 38.0. The zero-order chi connectivity index (χ0) is 17.9. The van der Waals surface area contributed by atoms with Gasteiger partial charge >= 0.3 is 12.2 Å². The lowest BCUT2D eigenvalue weighted by atomic mass is 10.1. The predicted octanol–water partition coefficient (Wildman–Crippen LogP) is 5.89. The minimum Gasteiger partial charge on any atom is -0.331 e. The number of benzene rings is 2. The fraction of sp³-hybridized carbons (Fsp3) is 0.188. The van der Waals surface area contributed by atoms with Crippen molar-refractivity contribution in [3.8, 4) is 0 Å². The van der Waals surface area contributed by atoms with E-state index < -0.39 is 23.8 Å². The molecule has 0 heterocycles. The van der Waals surface area contributed by atoms with Gasteiger partial charge in [-0.15, -0.1) is 0 Å². The molecule has 128 valence electrons. The summed E-state index contributed by atoms with van der Waals surface area (Å²) >= 11 is 11.9. The second-order valence-corrected chi connectivity index (χ2v) is 5.91. The molecule has 0 saturated carbocycles. The normalized spacial score (nSPS) is 12.6. The monoisotopic (exact) mass is 376 g/mol. The lowest BCUT2D eigenvalue weighted by Gasteiger charge is -2.17. The van der Waals surface area contributed by atoms with Crippen molar-refractivity contribution in [2.24, 2.45) is 0 Å². The third-order valence-electron chi connectivity index (χ3n) is 3.22. The van der Waals surface area contributed by atoms with Crippen molar-refractivity contribution in [3.05, 3.63) is 63.6 Å². The van der Waals surface area contributed by atoms with E-state index in [9.17, 15) is 18.0 Å². The minimum absolute atomic E-state index is 0.0386. The van der Waals surface area contributed by atoms with Gasteiger partial charge < -0.3 is 10.6 Å². The van der Waals surface area contributed by atoms with Gasteiger partial charge in [-0.25, -0.2) is 4.79 Å². The summed E-state index contributed by atoms with van der Waals surface area (Å²) in [4.78, 5) is 12.0. The van der Waals surface area contributed by atoms with Gasteiger partial charge in [0.1, 0.15) is 0 Å². The number of carbonyl (C=O) groups excluding carboxylic acids is 1. The molecule has 0 fully saturated rings. The van der Waals surface area contributed by atoms with E-state index in [4.69, 9.17) is 23.2 Å². The molecule has 0 aromatic heterocycles. The Morgan fingerprint density at radius 2 is 1.83 bits per heavy atom. The first-order chi connectivity index (χ1) is 11.2. The van der Waals surface area contributed by atoms with Crippen molar-refractivity contribution in [1.82, 2.24) is 5.32 Å². The smallest absolute Gasteiger partial charge is 0.331 e. The van der Waals surface area contributed by atoms with E-state index in [1.165, 1.54) is 12.1 Å². The third-order valence-corrected chi connectivity index (χ3v) is 3.79. The first-order valence-corrected chi connectivity index (χ1v) is 7.62. The molecule has 0 aliphatic rings. The molecule has 0 radical (unpaired) electrons. The zero-order valence-electron chi connectivity index (χ0n) is 12.4. The first-order valence-electron chi connectivity index (χ1n) is 6.86. The van der Waals surface area contributed by atoms with Crippen LogP contribution in [0.4, 0.5) is 23.7 Å². The number of anilines is 1. The molecule has 0 aliphatic carbocycles. The molecule has 2 aromatic carbocycles. The summed E-state index contributed by atoms with van der Waals surface area (Å²) in [5.74, 6) is 0. The molecule has 2 amide bonds. The Kier molecular flexibility index (Phi) is 5.62. The van der Waals surface area contributed by atoms with Crippen LogP contribution in [-0.4, -0.2) is 6.03 Å². The third kappa shape index (κ3) is 4.79. The van der Waals surface area contributed by atoms with Gasteiger partial charge in [0.05, 0.1) is 11.6 Å². The molecule has 8 heteroatoms. The van der Waals surface area contributed by atoms with E-state index in [2.05, 4.69) is 10.6 Å². The summed E-state index contributed by atoms with van der Waals surface area (Å²) in [6.45, 7) is 1.70. The molecule has 1 unspecified atom stereocenters. The first kappa shape index (κ1) is 18.4. The van der Waals surface area contributed by atoms with E-state index in [0.717, 1.165) is 12.1 Å². The van der Waals surface area contributed by atoms with E-state index >= 15 is 0 Å². The molecule has 2 rings (SSSR count). The number of rotatable bonds is 3. The summed E-state index contributed by atoms with van der Waals surface area (Å²) in [5.41, 5.74) is -0.161. The predicted molar refractivity (Wildman–Crippen MR) is 88.5 cm³/mol. The molecule has 0 aliphatic heterocycles. The number of hydrogen-bond donors (Lipinski definition) is 2. The summed E-state index contributed by atoms with van der Waals surface area (Å²) in [6, 6.07) is 8.12. The Hall–Kier alpha value is -1.92. The van der Waals surface area contributed by atoms with Crippen molar-refractivity contribution in [1.29, 1.82) is 0 Å². The average Bonchev–Trinajstić information content (AvgIpc) is 2.46. The summed E-state index contributed by atoms with van der Waals surface area (Å²) in [7, 11) is 0. The number of urea groups is 1. The molecule has 24 heavy (non-hydrogen) atoms. The molecule has 3 nitrogen and oxygen atoms in total. The van der Waals surface area contributed by atoms with Crippen molar-refractivity contribution in [2.45, 2.75) is 19.1 Å². The van der Waals surface area contributed by atoms with Crippen LogP contribution in [0.5, 0.6) is 0 Å². The molecule has 2 N–H and O–H groups in total. The number of nitrogens with one attached hydrogen (secondary N) is 2. The fourth-order valence-corrected chi connectivity index (χ4v) is 2.64. The highest BCUT2D eigenvalue weighted by molar-refractivity contribution is 6.35. The SMILES string of the molecule is CC(NC(=O)Nc1cccc(C(F)(F)F)c1)c1ccc(Cl)cc1Cl. The maximum Gasteiger partial charge on any atom is 0.416 e. The largest absolute Gasteiger partial charge is 0.416 e. The standard InChI is InChI=1S/C16H13Cl2F3N2O/c1-9(13-6-5-11(17)8-14(13)18)22-15(24)23-12-4-2-3-10(7-12)16(19,20)21/h2-9H,1H3,(H2,22,23,24). The van der Waals surface area contributed by atoms with E-state index in [-0.39, 0.29) is 5.69 Å². The van der Waals surface area contributed by atoms with Crippen LogP contribution in [0.2, 0.25) is 10.0 Å². The highest BCUT2D eigenvalue weighted by atomic mass is 35.5. The second-order valence-electron chi connectivity index (χ2n) is 5.06. The molecule has 0 bridgehead atoms. The quantitative estimate of drug-likeness (QED) is 0.688. The molecular formula is C16H13Cl2F3N2O. The zero-order valence-corrected chi connectivity index (χ0v) is 13.9. The van der Waals surface area contributed by atoms with Gasteiger partial charge in [-0.05, 0) is 42.8 Å². The van der Waals surface area contributed by atoms with Crippen molar-refractivity contribution >= 4 is 34.9 Å². The summed E-state index contributed by atoms with van der Waals surface area (Å²) in [5, 5.41) is 5.82. The van der Waals surface area contributed by atoms with Crippen LogP contribution in [0.25, 0.3) is 0 Å². The second kappa shape index (κ2) is 7.32. The van der Waals surface area contributed by atoms with Crippen molar-refractivity contribution in [2.75, 3.05) is 5.32 Å². The number of carbonyl (C=O) groups is 1. The van der Waals surface area contributed by atoms with Crippen LogP contribution in [0, 0.1) is 0 Å². The minimum atomic E-state index is -4.47. The number of hydrogen-bond acceptors (Lipinski definition) is 1. The van der Waals surface area contributed by atoms with Gasteiger partial charge in [-0.1, -0.05) is 35.3 Å². The van der Waals surface area contributed by atoms with Gasteiger partial charge in [0.25, 0.3) is 0 Å². The van der Waals surface area contributed by atoms with Gasteiger partial charge in [0.15, 0.2) is 0 Å². The maximum atomic E-state index is 12.7. The maximum absolute atomic E-state index is 12.7. The lowest BCUT2D eigenvalue weighted by molar-refractivity contribution is -0.137. The summed E-state index contributed by atoms with van der Waals surface area (Å²) in [6.07, 6.45) is -4.47. The van der Waals surface area contributed by atoms with Crippen molar-refractivity contribution < 1.29 is 18.0 Å². The van der Waals surface area contributed by atoms with Crippen LogP contribution >= 0.6 is 23.2 Å². The van der Waals surface area contributed by atoms with Crippen LogP contribution in [-0.2, 0) is 6.18 Å². The van der Waals surface area contributed by atoms with Crippen LogP contribution < -0.4 is 10.6 Å². The molecule has 1 atom stereocenters. The Morgan fingerprint density at radius 3 is 2.46 bits per heavy atom. The highest BCUT2D eigenvalue weighted by Gasteiger charge is 2.30. The van der Waals surface area contributed by atoms with Gasteiger partial charge in [-0.3, -0.25) is 0 Å². The molecule has 2 aromatic rings. The molecular weight excluding hydrogens is 364 g/mol. The highest BCUT2D eigenvalue weighted by Crippen LogP contribution is 2.31. The van der Waals surface area contributed by atoms with Crippen molar-refractivity contribution in [3.63, 3.8) is 0 Å².